The second-order valence-corrected chi connectivity index (χ2v) is 9.89. The van der Waals surface area contributed by atoms with E-state index in [-0.39, 0.29) is 35.7 Å². The molecule has 0 N–H and O–H groups in total. The van der Waals surface area contributed by atoms with Crippen molar-refractivity contribution < 1.29 is 32.0 Å². The molecule has 9 nitrogen and oxygen atoms in total. The molecule has 3 aromatic rings. The van der Waals surface area contributed by atoms with Crippen LogP contribution in [0.1, 0.15) is 35.0 Å². The average molecular weight is 497 g/mol. The number of hydrogen-bond acceptors (Lipinski definition) is 7. The Balaban J connectivity index is 1.67. The van der Waals surface area contributed by atoms with Crippen molar-refractivity contribution in [2.45, 2.75) is 37.8 Å². The SMILES string of the molecule is CCOC(=O)c1ccc(N2C(=O)CC(N(Cc3ccco3)S(=O)(=O)c3ccc(C)cc3)C2=O)cc1. The van der Waals surface area contributed by atoms with Gasteiger partial charge in [-0.3, -0.25) is 9.59 Å². The Morgan fingerprint density at radius 1 is 1.09 bits per heavy atom. The lowest BCUT2D eigenvalue weighted by Gasteiger charge is -2.26. The molecule has 2 amide bonds. The van der Waals surface area contributed by atoms with E-state index in [4.69, 9.17) is 9.15 Å². The van der Waals surface area contributed by atoms with E-state index in [9.17, 15) is 22.8 Å². The molecule has 1 saturated heterocycles. The molecule has 0 radical (unpaired) electrons. The van der Waals surface area contributed by atoms with Gasteiger partial charge in [-0.2, -0.15) is 4.31 Å². The van der Waals surface area contributed by atoms with Gasteiger partial charge in [0.25, 0.3) is 5.91 Å². The molecule has 10 heteroatoms. The van der Waals surface area contributed by atoms with Crippen molar-refractivity contribution in [2.24, 2.45) is 0 Å². The number of carbonyl (C=O) groups excluding carboxylic acids is 3. The van der Waals surface area contributed by atoms with Crippen LogP contribution in [0.5, 0.6) is 0 Å². The minimum absolute atomic E-state index is 0.00662. The van der Waals surface area contributed by atoms with E-state index in [2.05, 4.69) is 0 Å². The molecule has 0 spiro atoms. The van der Waals surface area contributed by atoms with Gasteiger partial charge in [-0.1, -0.05) is 17.7 Å². The normalized spacial score (nSPS) is 16.2. The summed E-state index contributed by atoms with van der Waals surface area (Å²) in [4.78, 5) is 39.2. The number of ether oxygens (including phenoxy) is 1. The first-order chi connectivity index (χ1) is 16.7. The number of anilines is 1. The number of amides is 2. The van der Waals surface area contributed by atoms with E-state index in [1.54, 1.807) is 31.2 Å². The summed E-state index contributed by atoms with van der Waals surface area (Å²) in [5.74, 6) is -1.42. The van der Waals surface area contributed by atoms with E-state index >= 15 is 0 Å². The molecule has 182 valence electrons. The van der Waals surface area contributed by atoms with Crippen LogP contribution in [-0.4, -0.2) is 43.2 Å². The summed E-state index contributed by atoms with van der Waals surface area (Å²) in [5.41, 5.74) is 1.39. The molecule has 35 heavy (non-hydrogen) atoms. The molecular weight excluding hydrogens is 472 g/mol. The van der Waals surface area contributed by atoms with Crippen molar-refractivity contribution in [1.82, 2.24) is 4.31 Å². The molecule has 1 aliphatic heterocycles. The van der Waals surface area contributed by atoms with E-state index < -0.39 is 33.8 Å². The highest BCUT2D eigenvalue weighted by molar-refractivity contribution is 7.89. The number of esters is 1. The van der Waals surface area contributed by atoms with Crippen LogP contribution in [-0.2, 0) is 30.9 Å². The van der Waals surface area contributed by atoms with E-state index in [0.29, 0.717) is 5.76 Å². The Morgan fingerprint density at radius 3 is 2.37 bits per heavy atom. The number of rotatable bonds is 8. The zero-order chi connectivity index (χ0) is 25.2. The minimum atomic E-state index is -4.15. The molecule has 1 aromatic heterocycles. The van der Waals surface area contributed by atoms with Gasteiger partial charge in [0.05, 0.1) is 42.0 Å². The van der Waals surface area contributed by atoms with Crippen molar-refractivity contribution in [2.75, 3.05) is 11.5 Å². The molecule has 1 atom stereocenters. The van der Waals surface area contributed by atoms with Gasteiger partial charge < -0.3 is 9.15 Å². The Kier molecular flexibility index (Phi) is 6.86. The molecule has 0 bridgehead atoms. The average Bonchev–Trinajstić information content (AvgIpc) is 3.45. The number of carbonyl (C=O) groups is 3. The van der Waals surface area contributed by atoms with Crippen molar-refractivity contribution in [1.29, 1.82) is 0 Å². The molecule has 1 aliphatic rings. The molecule has 0 saturated carbocycles. The molecular formula is C25H24N2O7S. The summed E-state index contributed by atoms with van der Waals surface area (Å²) in [6, 6.07) is 14.0. The predicted molar refractivity (Wildman–Crippen MR) is 126 cm³/mol. The highest BCUT2D eigenvalue weighted by atomic mass is 32.2. The Hall–Kier alpha value is -3.76. The molecule has 1 unspecified atom stereocenters. The first-order valence-electron chi connectivity index (χ1n) is 11.0. The number of sulfonamides is 1. The second kappa shape index (κ2) is 9.85. The van der Waals surface area contributed by atoms with Crippen LogP contribution >= 0.6 is 0 Å². The lowest BCUT2D eigenvalue weighted by Crippen LogP contribution is -2.45. The number of hydrogen-bond donors (Lipinski definition) is 0. The van der Waals surface area contributed by atoms with E-state index in [1.165, 1.54) is 42.7 Å². The van der Waals surface area contributed by atoms with Crippen LogP contribution in [0.3, 0.4) is 0 Å². The maximum Gasteiger partial charge on any atom is 0.338 e. The zero-order valence-corrected chi connectivity index (χ0v) is 20.0. The molecule has 1 fully saturated rings. The van der Waals surface area contributed by atoms with Crippen molar-refractivity contribution in [3.63, 3.8) is 0 Å². The fraction of sp³-hybridized carbons (Fsp3) is 0.240. The number of imide groups is 1. The smallest absolute Gasteiger partial charge is 0.338 e. The standard InChI is InChI=1S/C25H24N2O7S/c1-3-33-25(30)18-8-10-19(11-9-18)27-23(28)15-22(24(27)29)26(16-20-5-4-14-34-20)35(31,32)21-12-6-17(2)7-13-21/h4-14,22H,3,15-16H2,1-2H3. The third-order valence-electron chi connectivity index (χ3n) is 5.63. The number of furan rings is 1. The van der Waals surface area contributed by atoms with Crippen LogP contribution in [0, 0.1) is 6.92 Å². The van der Waals surface area contributed by atoms with Gasteiger partial charge in [-0.05, 0) is 62.4 Å². The lowest BCUT2D eigenvalue weighted by molar-refractivity contribution is -0.122. The van der Waals surface area contributed by atoms with Gasteiger partial charge >= 0.3 is 5.97 Å². The summed E-state index contributed by atoms with van der Waals surface area (Å²) in [6.07, 6.45) is 1.08. The van der Waals surface area contributed by atoms with E-state index in [1.807, 2.05) is 6.92 Å². The van der Waals surface area contributed by atoms with Crippen LogP contribution < -0.4 is 4.90 Å². The fourth-order valence-electron chi connectivity index (χ4n) is 3.84. The Labute approximate surface area is 202 Å². The van der Waals surface area contributed by atoms with Gasteiger partial charge in [0.1, 0.15) is 11.8 Å². The topological polar surface area (TPSA) is 114 Å². The Morgan fingerprint density at radius 2 is 1.77 bits per heavy atom. The molecule has 2 heterocycles. The highest BCUT2D eigenvalue weighted by Gasteiger charge is 2.47. The van der Waals surface area contributed by atoms with Crippen LogP contribution in [0.2, 0.25) is 0 Å². The largest absolute Gasteiger partial charge is 0.468 e. The third kappa shape index (κ3) is 4.89. The van der Waals surface area contributed by atoms with Crippen molar-refractivity contribution >= 4 is 33.5 Å². The first kappa shape index (κ1) is 24.4. The van der Waals surface area contributed by atoms with Crippen molar-refractivity contribution in [3.05, 3.63) is 83.8 Å². The van der Waals surface area contributed by atoms with Crippen LogP contribution in [0.25, 0.3) is 0 Å². The minimum Gasteiger partial charge on any atom is -0.468 e. The van der Waals surface area contributed by atoms with Gasteiger partial charge in [0, 0.05) is 0 Å². The van der Waals surface area contributed by atoms with Gasteiger partial charge in [-0.15, -0.1) is 0 Å². The fourth-order valence-corrected chi connectivity index (χ4v) is 5.39. The van der Waals surface area contributed by atoms with Crippen LogP contribution in [0.15, 0.2) is 76.2 Å². The first-order valence-corrected chi connectivity index (χ1v) is 12.4. The number of aryl methyl sites for hydroxylation is 1. The maximum atomic E-state index is 13.6. The second-order valence-electron chi connectivity index (χ2n) is 8.00. The quantitative estimate of drug-likeness (QED) is 0.347. The zero-order valence-electron chi connectivity index (χ0n) is 19.2. The molecule has 0 aliphatic carbocycles. The maximum absolute atomic E-state index is 13.6. The summed E-state index contributed by atoms with van der Waals surface area (Å²) >= 11 is 0. The lowest BCUT2D eigenvalue weighted by atomic mass is 10.2. The Bertz CT molecular complexity index is 1330. The van der Waals surface area contributed by atoms with Gasteiger partial charge in [0.15, 0.2) is 0 Å². The molecule has 4 rings (SSSR count). The van der Waals surface area contributed by atoms with Crippen LogP contribution in [0.4, 0.5) is 5.69 Å². The van der Waals surface area contributed by atoms with Gasteiger partial charge in [-0.25, -0.2) is 18.1 Å². The third-order valence-corrected chi connectivity index (χ3v) is 7.50. The monoisotopic (exact) mass is 496 g/mol. The van der Waals surface area contributed by atoms with Gasteiger partial charge in [0.2, 0.25) is 15.9 Å². The molecule has 2 aromatic carbocycles. The predicted octanol–water partition coefficient (Wildman–Crippen LogP) is 3.29. The summed E-state index contributed by atoms with van der Waals surface area (Å²) < 4.78 is 38.5. The summed E-state index contributed by atoms with van der Waals surface area (Å²) in [5, 5.41) is 0. The van der Waals surface area contributed by atoms with E-state index in [0.717, 1.165) is 14.8 Å². The number of benzene rings is 2. The summed E-state index contributed by atoms with van der Waals surface area (Å²) in [6.45, 7) is 3.52. The summed E-state index contributed by atoms with van der Waals surface area (Å²) in [7, 11) is -4.15. The number of nitrogens with zero attached hydrogens (tertiary/aromatic N) is 2. The van der Waals surface area contributed by atoms with Crippen molar-refractivity contribution in [3.8, 4) is 0 Å². The highest BCUT2D eigenvalue weighted by Crippen LogP contribution is 2.31.